The molecule has 33 heteroatoms. The number of H-pyrrole nitrogens is 2. The third-order valence-corrected chi connectivity index (χ3v) is 20.0. The molecule has 0 aliphatic heterocycles. The lowest BCUT2D eigenvalue weighted by Crippen LogP contribution is -2.55. The lowest BCUT2D eigenvalue weighted by Gasteiger charge is -2.33. The molecule has 0 saturated heterocycles. The molecule has 0 spiro atoms. The number of hydrogen-bond donors (Lipinski definition) is 12. The van der Waals surface area contributed by atoms with E-state index in [-0.39, 0.29) is 49.3 Å². The second-order valence-corrected chi connectivity index (χ2v) is 30.4. The van der Waals surface area contributed by atoms with Gasteiger partial charge in [0.1, 0.15) is 35.5 Å². The van der Waals surface area contributed by atoms with E-state index in [2.05, 4.69) is 67.2 Å². The maximum atomic E-state index is 15.6. The summed E-state index contributed by atoms with van der Waals surface area (Å²) >= 11 is 0. The molecule has 2 heterocycles. The van der Waals surface area contributed by atoms with Gasteiger partial charge in [-0.05, 0) is 155 Å². The van der Waals surface area contributed by atoms with Crippen molar-refractivity contribution in [3.05, 3.63) is 159 Å². The number of benzene rings is 4. The van der Waals surface area contributed by atoms with Crippen LogP contribution in [0, 0.1) is 42.3 Å². The Morgan fingerprint density at radius 3 is 1.98 bits per heavy atom. The molecule has 6 aromatic rings. The van der Waals surface area contributed by atoms with Gasteiger partial charge in [0.15, 0.2) is 29.0 Å². The number of primary amides is 1. The van der Waals surface area contributed by atoms with Crippen LogP contribution in [0.25, 0.3) is 21.6 Å². The van der Waals surface area contributed by atoms with Crippen LogP contribution >= 0.6 is 0 Å². The van der Waals surface area contributed by atoms with Crippen LogP contribution in [-0.2, 0) is 96.1 Å². The molecule has 115 heavy (non-hydrogen) atoms. The van der Waals surface area contributed by atoms with Crippen LogP contribution in [0.5, 0.6) is 5.75 Å². The van der Waals surface area contributed by atoms with Crippen molar-refractivity contribution in [2.24, 2.45) is 33.5 Å². The summed E-state index contributed by atoms with van der Waals surface area (Å²) in [6.45, 7) is 12.1. The number of nitrogens with zero attached hydrogens (tertiary/aromatic N) is 7. The van der Waals surface area contributed by atoms with Crippen LogP contribution in [0.2, 0.25) is 0 Å². The lowest BCUT2D eigenvalue weighted by atomic mass is 9.76. The number of ether oxygens (including phenoxy) is 1. The molecule has 32 nitrogen and oxygen atoms in total. The topological polar surface area (TPSA) is 513 Å². The molecule has 13 N–H and O–H groups in total. The van der Waals surface area contributed by atoms with E-state index in [9.17, 15) is 78.0 Å². The molecule has 4 aromatic carbocycles. The molecule has 6 amide bonds. The van der Waals surface area contributed by atoms with Gasteiger partial charge in [-0.3, -0.25) is 57.5 Å². The van der Waals surface area contributed by atoms with Crippen molar-refractivity contribution in [2.45, 2.75) is 226 Å². The van der Waals surface area contributed by atoms with Crippen molar-refractivity contribution >= 4 is 70.3 Å². The number of aromatic nitrogens is 6. The number of tetrazole rings is 1. The van der Waals surface area contributed by atoms with Crippen molar-refractivity contribution in [2.75, 3.05) is 19.8 Å². The molecule has 10 atom stereocenters. The smallest absolute Gasteiger partial charge is 0.305 e. The summed E-state index contributed by atoms with van der Waals surface area (Å²) in [7, 11) is 0. The maximum absolute atomic E-state index is 15.6. The number of carbonyl (C=O) groups excluding carboxylic acids is 11. The molecule has 0 aliphatic carbocycles. The SMILES string of the molecule is CCc1cc(OCCCCN=[N+]=[N-])ccc1-c1ccc(C[C@H](CC(=O)[C@H](CC(=O)O)NC(=O)[C@H](CO)CC(=O)[C@@H](NC(=O)[C@@](C)(CC(=O)[C@@H](NC(=O)CCC(=O)[C@H](Cc2nn[nH]n2)NC(=O)C(C)(C)CC(=O)CCCCc2cnc[nH]2)[C@@H](C)O)Cc2ccccc2F)[C@@H](C)O)C(=O)N[C@@H](CCCc2cc(C)cc(C)c2)C(N)=O)cc1. The lowest BCUT2D eigenvalue weighted by molar-refractivity contribution is -0.142. The van der Waals surface area contributed by atoms with Crippen molar-refractivity contribution in [1.82, 2.24) is 57.2 Å². The number of unbranched alkanes of at least 4 members (excludes halogenated alkanes) is 2. The first-order valence-corrected chi connectivity index (χ1v) is 38.6. The number of nitrogens with one attached hydrogen (secondary N) is 7. The summed E-state index contributed by atoms with van der Waals surface area (Å²) in [6, 6.07) is 15.8. The Labute approximate surface area is 666 Å². The minimum atomic E-state index is -2.10. The molecular formula is C82H108FN15O17. The van der Waals surface area contributed by atoms with Crippen molar-refractivity contribution < 1.29 is 87.1 Å². The van der Waals surface area contributed by atoms with Crippen molar-refractivity contribution in [3.8, 4) is 16.9 Å². The fraction of sp³-hybridized carbons (Fsp3) is 0.512. The largest absolute Gasteiger partial charge is 0.494 e. The zero-order valence-electron chi connectivity index (χ0n) is 66.4. The van der Waals surface area contributed by atoms with Gasteiger partial charge in [-0.2, -0.15) is 5.21 Å². The predicted octanol–water partition coefficient (Wildman–Crippen LogP) is 6.43. The van der Waals surface area contributed by atoms with Gasteiger partial charge in [-0.1, -0.05) is 116 Å². The average molecular weight is 1590 g/mol. The van der Waals surface area contributed by atoms with Crippen LogP contribution in [0.1, 0.15) is 176 Å². The zero-order valence-corrected chi connectivity index (χ0v) is 66.4. The minimum absolute atomic E-state index is 0.0268. The van der Waals surface area contributed by atoms with Crippen LogP contribution in [0.4, 0.5) is 4.39 Å². The number of Topliss-reactive ketones (excluding diaryl/α,β-unsaturated/α-hetero) is 5. The number of hydrogen-bond acceptors (Lipinski definition) is 21. The second-order valence-electron chi connectivity index (χ2n) is 30.4. The highest BCUT2D eigenvalue weighted by molar-refractivity contribution is 6.00. The summed E-state index contributed by atoms with van der Waals surface area (Å²) in [4.78, 5) is 177. The highest BCUT2D eigenvalue weighted by Gasteiger charge is 2.43. The number of nitrogens with two attached hydrogens (primary N) is 1. The Hall–Kier alpha value is -11.3. The van der Waals surface area contributed by atoms with E-state index in [1.807, 2.05) is 69.3 Å². The number of aryl methyl sites for hydroxylation is 5. The number of aliphatic hydroxyl groups is 3. The van der Waals surface area contributed by atoms with Gasteiger partial charge < -0.3 is 62.5 Å². The van der Waals surface area contributed by atoms with E-state index < -0.39 is 187 Å². The number of aromatic amines is 2. The third-order valence-electron chi connectivity index (χ3n) is 20.0. The average Bonchev–Trinajstić information content (AvgIpc) is 1.53. The Balaban J connectivity index is 1.16. The quantitative estimate of drug-likeness (QED) is 0.00846. The van der Waals surface area contributed by atoms with Crippen molar-refractivity contribution in [3.63, 3.8) is 0 Å². The summed E-state index contributed by atoms with van der Waals surface area (Å²) in [5, 5.41) is 72.7. The van der Waals surface area contributed by atoms with Crippen LogP contribution in [0.3, 0.4) is 0 Å². The Kier molecular flexibility index (Phi) is 36.7. The number of imidazole rings is 1. The van der Waals surface area contributed by atoms with Crippen LogP contribution in [-0.4, -0.2) is 184 Å². The predicted molar refractivity (Wildman–Crippen MR) is 420 cm³/mol. The van der Waals surface area contributed by atoms with E-state index in [1.165, 1.54) is 25.1 Å². The van der Waals surface area contributed by atoms with Crippen molar-refractivity contribution in [1.29, 1.82) is 0 Å². The molecule has 6 rings (SSSR count). The molecule has 0 radical (unpaired) electrons. The summed E-state index contributed by atoms with van der Waals surface area (Å²) in [6.07, 6.45) is -1.05. The van der Waals surface area contributed by atoms with Gasteiger partial charge in [0.2, 0.25) is 35.4 Å². The van der Waals surface area contributed by atoms with E-state index in [0.29, 0.717) is 75.8 Å². The van der Waals surface area contributed by atoms with Gasteiger partial charge in [-0.15, -0.1) is 10.2 Å². The summed E-state index contributed by atoms with van der Waals surface area (Å²) < 4.78 is 21.6. The van der Waals surface area contributed by atoms with Crippen LogP contribution < -0.4 is 37.1 Å². The first-order chi connectivity index (χ1) is 54.6. The first kappa shape index (κ1) is 92.6. The minimum Gasteiger partial charge on any atom is -0.494 e. The zero-order chi connectivity index (χ0) is 84.5. The van der Waals surface area contributed by atoms with E-state index in [1.54, 1.807) is 38.5 Å². The fourth-order valence-corrected chi connectivity index (χ4v) is 13.6. The molecular weight excluding hydrogens is 1490 g/mol. The molecule has 0 unspecified atom stereocenters. The number of rotatable bonds is 53. The monoisotopic (exact) mass is 1590 g/mol. The fourth-order valence-electron chi connectivity index (χ4n) is 13.6. The maximum Gasteiger partial charge on any atom is 0.305 e. The molecule has 2 aromatic heterocycles. The van der Waals surface area contributed by atoms with E-state index in [4.69, 9.17) is 16.0 Å². The van der Waals surface area contributed by atoms with Crippen LogP contribution in [0.15, 0.2) is 103 Å². The number of carboxylic acid groups (broad SMARTS) is 1. The number of aliphatic carboxylic acids is 1. The van der Waals surface area contributed by atoms with Gasteiger partial charge >= 0.3 is 5.97 Å². The number of ketones is 5. The number of carbonyl (C=O) groups is 12. The molecule has 620 valence electrons. The number of halogens is 1. The molecule has 0 fully saturated rings. The number of amides is 6. The number of aliphatic hydroxyl groups excluding tert-OH is 3. The highest BCUT2D eigenvalue weighted by Crippen LogP contribution is 2.33. The Bertz CT molecular complexity index is 4340. The number of carboxylic acids is 1. The summed E-state index contributed by atoms with van der Waals surface area (Å²) in [5.41, 5.74) is 18.1. The van der Waals surface area contributed by atoms with E-state index in [0.717, 1.165) is 59.0 Å². The Morgan fingerprint density at radius 2 is 1.36 bits per heavy atom. The van der Waals surface area contributed by atoms with Gasteiger partial charge in [0.05, 0.1) is 67.0 Å². The molecule has 0 bridgehead atoms. The summed E-state index contributed by atoms with van der Waals surface area (Å²) in [5.74, 6) is -14.4. The van der Waals surface area contributed by atoms with E-state index >= 15 is 4.39 Å². The van der Waals surface area contributed by atoms with Gasteiger partial charge in [0.25, 0.3) is 0 Å². The van der Waals surface area contributed by atoms with Gasteiger partial charge in [-0.25, -0.2) is 9.37 Å². The first-order valence-electron chi connectivity index (χ1n) is 38.6. The molecule has 0 aliphatic rings. The number of azide groups is 1. The van der Waals surface area contributed by atoms with Gasteiger partial charge in [0, 0.05) is 80.6 Å². The highest BCUT2D eigenvalue weighted by atomic mass is 19.1. The molecule has 0 saturated carbocycles. The second kappa shape index (κ2) is 45.6. The normalized spacial score (nSPS) is 14.3. The third kappa shape index (κ3) is 30.2. The Morgan fingerprint density at radius 1 is 0.678 bits per heavy atom. The standard InChI is InChI=1S/C82H108FN15O17/c1-9-54-37-61(115-32-15-14-31-88-96-85)27-28-62(54)55-25-23-52(24-26-55)36-57(77(111)89-64(76(84)110)22-16-17-53-34-48(2)33-49(3)35-53)38-68(104)66(41-73(108)109)90-78(112)58(46-99)39-69(105)74(50(4)100)93-80(114)82(8,42-56-18-10-13-21-63(56)83)44-70(106)75(51(5)101)92-72(107)30-29-67(103)65(40-71-94-97-98-95-71)91-79(113)81(6,7)43-60(102)20-12-11-19-59-45-86-47-87-59/h10,13,18,21,23-28,33-35,37,45,47,50-51,57-58,64-66,74-75,99-101H,9,11-12,14-17,19-20,22,29-32,36,38-44,46H2,1-8H3,(H2,84,110)(H,86,87)(H,89,111)(H,90,112)(H,91,113)(H,92,107)(H,93,114)(H,108,109)(H,94,95,97,98)/t50-,51-,57-,58+,64+,65+,66+,74+,75+,82-/m1/s1.